The number of halogens is 2. The number of aliphatic carboxylic acids is 1. The van der Waals surface area contributed by atoms with E-state index in [9.17, 15) is 24.8 Å². The number of thiazole rings is 1. The number of aromatic nitrogens is 1. The molecule has 0 saturated heterocycles. The zero-order valence-corrected chi connectivity index (χ0v) is 22.1. The van der Waals surface area contributed by atoms with Gasteiger partial charge in [0, 0.05) is 39.8 Å². The average molecular weight is 570 g/mol. The molecule has 1 amide bonds. The van der Waals surface area contributed by atoms with Crippen LogP contribution in [0.2, 0.25) is 10.0 Å². The van der Waals surface area contributed by atoms with Gasteiger partial charge in [-0.3, -0.25) is 19.7 Å². The van der Waals surface area contributed by atoms with Crippen molar-refractivity contribution in [1.82, 2.24) is 9.88 Å². The lowest BCUT2D eigenvalue weighted by atomic mass is 10.0. The van der Waals surface area contributed by atoms with E-state index in [1.165, 1.54) is 40.5 Å². The van der Waals surface area contributed by atoms with Crippen LogP contribution in [-0.2, 0) is 17.8 Å². The number of non-ortho nitro benzene ring substituents is 1. The van der Waals surface area contributed by atoms with Gasteiger partial charge in [0.1, 0.15) is 5.01 Å². The molecule has 0 bridgehead atoms. The third-order valence-corrected chi connectivity index (χ3v) is 7.35. The molecule has 0 aliphatic rings. The first kappa shape index (κ1) is 27.3. The van der Waals surface area contributed by atoms with Crippen molar-refractivity contribution < 1.29 is 19.6 Å². The average Bonchev–Trinajstić information content (AvgIpc) is 3.36. The molecular formula is C27H21Cl2N3O5S. The second-order valence-corrected chi connectivity index (χ2v) is 10.4. The maximum Gasteiger partial charge on any atom is 0.305 e. The van der Waals surface area contributed by atoms with Crippen LogP contribution in [0.25, 0.3) is 10.6 Å². The van der Waals surface area contributed by atoms with Crippen molar-refractivity contribution in [3.05, 3.63) is 115 Å². The van der Waals surface area contributed by atoms with Crippen molar-refractivity contribution in [2.24, 2.45) is 0 Å². The number of hydrogen-bond donors (Lipinski definition) is 1. The summed E-state index contributed by atoms with van der Waals surface area (Å²) in [5.41, 5.74) is 1.58. The Balaban J connectivity index is 1.71. The number of amides is 1. The lowest BCUT2D eigenvalue weighted by Crippen LogP contribution is -2.42. The molecule has 1 aromatic heterocycles. The first-order valence-corrected chi connectivity index (χ1v) is 13.0. The van der Waals surface area contributed by atoms with Crippen molar-refractivity contribution in [3.8, 4) is 10.6 Å². The number of carboxylic acid groups (broad SMARTS) is 1. The van der Waals surface area contributed by atoms with Crippen LogP contribution in [0, 0.1) is 10.1 Å². The number of nitro benzene ring substituents is 1. The molecule has 0 radical (unpaired) electrons. The van der Waals surface area contributed by atoms with Gasteiger partial charge in [-0.1, -0.05) is 65.7 Å². The van der Waals surface area contributed by atoms with Gasteiger partial charge in [-0.05, 0) is 30.2 Å². The molecule has 8 nitrogen and oxygen atoms in total. The molecule has 0 aliphatic carbocycles. The molecule has 38 heavy (non-hydrogen) atoms. The highest BCUT2D eigenvalue weighted by atomic mass is 35.5. The van der Waals surface area contributed by atoms with Crippen molar-refractivity contribution in [2.45, 2.75) is 25.4 Å². The molecule has 0 fully saturated rings. The van der Waals surface area contributed by atoms with Gasteiger partial charge in [-0.25, -0.2) is 4.98 Å². The van der Waals surface area contributed by atoms with Gasteiger partial charge in [-0.2, -0.15) is 0 Å². The monoisotopic (exact) mass is 569 g/mol. The fourth-order valence-corrected chi connectivity index (χ4v) is 5.40. The van der Waals surface area contributed by atoms with Gasteiger partial charge >= 0.3 is 5.97 Å². The van der Waals surface area contributed by atoms with E-state index in [0.29, 0.717) is 26.9 Å². The molecule has 4 rings (SSSR count). The number of carboxylic acids is 1. The number of hydrogen-bond acceptors (Lipinski definition) is 6. The smallest absolute Gasteiger partial charge is 0.305 e. The summed E-state index contributed by atoms with van der Waals surface area (Å²) in [5, 5.41) is 21.9. The van der Waals surface area contributed by atoms with Crippen molar-refractivity contribution in [2.75, 3.05) is 0 Å². The Morgan fingerprint density at radius 3 is 2.50 bits per heavy atom. The molecule has 1 N–H and O–H groups in total. The molecule has 11 heteroatoms. The maximum absolute atomic E-state index is 13.8. The predicted molar refractivity (Wildman–Crippen MR) is 147 cm³/mol. The van der Waals surface area contributed by atoms with E-state index in [1.807, 2.05) is 30.3 Å². The van der Waals surface area contributed by atoms with Gasteiger partial charge in [0.05, 0.1) is 28.5 Å². The van der Waals surface area contributed by atoms with Crippen LogP contribution in [0.1, 0.15) is 27.2 Å². The summed E-state index contributed by atoms with van der Waals surface area (Å²) >= 11 is 13.6. The third-order valence-electron chi connectivity index (χ3n) is 5.77. The quantitative estimate of drug-likeness (QED) is 0.167. The minimum atomic E-state index is -1.05. The number of nitrogens with zero attached hydrogens (tertiary/aromatic N) is 3. The van der Waals surface area contributed by atoms with E-state index in [4.69, 9.17) is 23.2 Å². The molecule has 194 valence electrons. The first-order chi connectivity index (χ1) is 18.2. The number of benzene rings is 3. The SMILES string of the molecule is O=C(O)C[C@H](Cc1ccccc1)N(Cc1cnc(-c2cccc([N+](=O)[O-])c2)s1)C(=O)c1ccc(Cl)cc1Cl. The van der Waals surface area contributed by atoms with Crippen LogP contribution in [0.15, 0.2) is 79.0 Å². The van der Waals surface area contributed by atoms with Crippen LogP contribution in [-0.4, -0.2) is 37.8 Å². The Hall–Kier alpha value is -3.79. The number of nitro groups is 1. The van der Waals surface area contributed by atoms with Gasteiger partial charge in [0.25, 0.3) is 11.6 Å². The lowest BCUT2D eigenvalue weighted by Gasteiger charge is -2.31. The number of carbonyl (C=O) groups is 2. The Morgan fingerprint density at radius 2 is 1.82 bits per heavy atom. The Morgan fingerprint density at radius 1 is 1.05 bits per heavy atom. The highest BCUT2D eigenvalue weighted by molar-refractivity contribution is 7.15. The van der Waals surface area contributed by atoms with Gasteiger partial charge in [0.15, 0.2) is 0 Å². The van der Waals surface area contributed by atoms with Crippen LogP contribution in [0.3, 0.4) is 0 Å². The van der Waals surface area contributed by atoms with Crippen LogP contribution >= 0.6 is 34.5 Å². The minimum Gasteiger partial charge on any atom is -0.481 e. The van der Waals surface area contributed by atoms with Gasteiger partial charge in [-0.15, -0.1) is 11.3 Å². The summed E-state index contributed by atoms with van der Waals surface area (Å²) in [7, 11) is 0. The molecule has 3 aromatic carbocycles. The Kier molecular flexibility index (Phi) is 8.73. The molecule has 1 heterocycles. The molecule has 0 unspecified atom stereocenters. The van der Waals surface area contributed by atoms with Crippen molar-refractivity contribution in [3.63, 3.8) is 0 Å². The highest BCUT2D eigenvalue weighted by Gasteiger charge is 2.29. The fourth-order valence-electron chi connectivity index (χ4n) is 4.00. The van der Waals surface area contributed by atoms with Crippen molar-refractivity contribution >= 4 is 52.1 Å². The zero-order valence-electron chi connectivity index (χ0n) is 19.8. The maximum atomic E-state index is 13.8. The van der Waals surface area contributed by atoms with Gasteiger partial charge in [0.2, 0.25) is 0 Å². The van der Waals surface area contributed by atoms with E-state index in [2.05, 4.69) is 4.98 Å². The molecule has 0 saturated carbocycles. The summed E-state index contributed by atoms with van der Waals surface area (Å²) < 4.78 is 0. The zero-order chi connectivity index (χ0) is 27.2. The first-order valence-electron chi connectivity index (χ1n) is 11.4. The van der Waals surface area contributed by atoms with E-state index < -0.39 is 22.8 Å². The topological polar surface area (TPSA) is 114 Å². The fraction of sp³-hybridized carbons (Fsp3) is 0.148. The van der Waals surface area contributed by atoms with Crippen LogP contribution in [0.5, 0.6) is 0 Å². The number of carbonyl (C=O) groups excluding carboxylic acids is 1. The van der Waals surface area contributed by atoms with Crippen molar-refractivity contribution in [1.29, 1.82) is 0 Å². The third kappa shape index (κ3) is 6.74. The minimum absolute atomic E-state index is 0.0576. The largest absolute Gasteiger partial charge is 0.481 e. The van der Waals surface area contributed by atoms with E-state index in [0.717, 1.165) is 5.56 Å². The summed E-state index contributed by atoms with van der Waals surface area (Å²) in [6.07, 6.45) is 1.60. The highest BCUT2D eigenvalue weighted by Crippen LogP contribution is 2.31. The second-order valence-electron chi connectivity index (χ2n) is 8.44. The molecule has 0 spiro atoms. The molecular weight excluding hydrogens is 549 g/mol. The summed E-state index contributed by atoms with van der Waals surface area (Å²) in [4.78, 5) is 42.9. The Bertz CT molecular complexity index is 1480. The van der Waals surface area contributed by atoms with Crippen LogP contribution < -0.4 is 0 Å². The van der Waals surface area contributed by atoms with E-state index in [1.54, 1.807) is 24.4 Å². The summed E-state index contributed by atoms with van der Waals surface area (Å²) in [6, 6.07) is 19.3. The van der Waals surface area contributed by atoms with Crippen LogP contribution in [0.4, 0.5) is 5.69 Å². The molecule has 1 atom stereocenters. The Labute approximate surface area is 232 Å². The standard InChI is InChI=1S/C27H21Cl2N3O5S/c28-19-9-10-23(24(29)13-19)27(35)31(21(14-25(33)34)11-17-5-2-1-3-6-17)16-22-15-30-26(38-22)18-7-4-8-20(12-18)32(36)37/h1-10,12-13,15,21H,11,14,16H2,(H,33,34)/t21-/m0/s1. The summed E-state index contributed by atoms with van der Waals surface area (Å²) in [5.74, 6) is -1.49. The number of rotatable bonds is 10. The normalized spacial score (nSPS) is 11.6. The predicted octanol–water partition coefficient (Wildman–Crippen LogP) is 6.75. The lowest BCUT2D eigenvalue weighted by molar-refractivity contribution is -0.384. The summed E-state index contributed by atoms with van der Waals surface area (Å²) in [6.45, 7) is 0.0646. The van der Waals surface area contributed by atoms with E-state index >= 15 is 0 Å². The second kappa shape index (κ2) is 12.2. The molecule has 0 aliphatic heterocycles. The van der Waals surface area contributed by atoms with E-state index in [-0.39, 0.29) is 29.2 Å². The molecule has 4 aromatic rings. The van der Waals surface area contributed by atoms with Gasteiger partial charge < -0.3 is 10.0 Å².